The molecule has 0 saturated carbocycles. The highest BCUT2D eigenvalue weighted by Gasteiger charge is 2.15. The van der Waals surface area contributed by atoms with Gasteiger partial charge in [0, 0.05) is 19.3 Å². The molecule has 1 N–H and O–H groups in total. The van der Waals surface area contributed by atoms with Crippen LogP contribution in [0.2, 0.25) is 0 Å². The molecule has 0 heterocycles. The molecular formula is C15H22N2O. The summed E-state index contributed by atoms with van der Waals surface area (Å²) in [6.07, 6.45) is 1.92. The number of ether oxygens (including phenoxy) is 1. The third-order valence-electron chi connectivity index (χ3n) is 2.88. The molecule has 0 atom stereocenters. The van der Waals surface area contributed by atoms with Crippen LogP contribution in [-0.2, 0) is 11.3 Å². The van der Waals surface area contributed by atoms with Crippen molar-refractivity contribution in [3.05, 3.63) is 29.8 Å². The SMILES string of the molecule is COCc1ccc(NCCCC(C)(C)C#N)cc1. The van der Waals surface area contributed by atoms with Crippen molar-refractivity contribution in [1.29, 1.82) is 5.26 Å². The molecule has 1 aromatic carbocycles. The Morgan fingerprint density at radius 1 is 1.28 bits per heavy atom. The number of hydrogen-bond donors (Lipinski definition) is 1. The minimum Gasteiger partial charge on any atom is -0.385 e. The summed E-state index contributed by atoms with van der Waals surface area (Å²) in [5.74, 6) is 0. The summed E-state index contributed by atoms with van der Waals surface area (Å²) >= 11 is 0. The quantitative estimate of drug-likeness (QED) is 0.748. The molecular weight excluding hydrogens is 224 g/mol. The first-order chi connectivity index (χ1) is 8.57. The number of rotatable bonds is 7. The zero-order chi connectivity index (χ0) is 13.4. The highest BCUT2D eigenvalue weighted by molar-refractivity contribution is 5.44. The van der Waals surface area contributed by atoms with E-state index < -0.39 is 0 Å². The van der Waals surface area contributed by atoms with E-state index in [1.54, 1.807) is 7.11 Å². The molecule has 0 amide bonds. The summed E-state index contributed by atoms with van der Waals surface area (Å²) < 4.78 is 5.07. The fraction of sp³-hybridized carbons (Fsp3) is 0.533. The average molecular weight is 246 g/mol. The van der Waals surface area contributed by atoms with Crippen molar-refractivity contribution in [3.8, 4) is 6.07 Å². The minimum atomic E-state index is -0.218. The lowest BCUT2D eigenvalue weighted by atomic mass is 9.90. The Labute approximate surface area is 110 Å². The number of nitriles is 1. The number of anilines is 1. The van der Waals surface area contributed by atoms with E-state index in [2.05, 4.69) is 35.7 Å². The molecule has 0 radical (unpaired) electrons. The predicted molar refractivity (Wildman–Crippen MR) is 74.3 cm³/mol. The van der Waals surface area contributed by atoms with Crippen molar-refractivity contribution in [2.24, 2.45) is 5.41 Å². The van der Waals surface area contributed by atoms with Gasteiger partial charge in [-0.1, -0.05) is 12.1 Å². The molecule has 1 rings (SSSR count). The summed E-state index contributed by atoms with van der Waals surface area (Å²) in [7, 11) is 1.70. The fourth-order valence-electron chi connectivity index (χ4n) is 1.70. The minimum absolute atomic E-state index is 0.218. The lowest BCUT2D eigenvalue weighted by Gasteiger charge is -2.15. The van der Waals surface area contributed by atoms with Crippen molar-refractivity contribution < 1.29 is 4.74 Å². The highest BCUT2D eigenvalue weighted by atomic mass is 16.5. The molecule has 0 spiro atoms. The molecule has 0 aliphatic carbocycles. The van der Waals surface area contributed by atoms with Crippen LogP contribution in [0.5, 0.6) is 0 Å². The Kier molecular flexibility index (Phi) is 5.67. The molecule has 0 aliphatic rings. The topological polar surface area (TPSA) is 45.0 Å². The Balaban J connectivity index is 2.30. The Bertz CT molecular complexity index is 390. The Morgan fingerprint density at radius 2 is 1.94 bits per heavy atom. The lowest BCUT2D eigenvalue weighted by Crippen LogP contribution is -2.11. The second kappa shape index (κ2) is 7.03. The van der Waals surface area contributed by atoms with Gasteiger partial charge >= 0.3 is 0 Å². The highest BCUT2D eigenvalue weighted by Crippen LogP contribution is 2.20. The van der Waals surface area contributed by atoms with Gasteiger partial charge in [0.05, 0.1) is 18.1 Å². The zero-order valence-corrected chi connectivity index (χ0v) is 11.5. The maximum atomic E-state index is 8.91. The second-order valence-corrected chi connectivity index (χ2v) is 5.16. The third kappa shape index (κ3) is 5.20. The van der Waals surface area contributed by atoms with Crippen LogP contribution < -0.4 is 5.32 Å². The van der Waals surface area contributed by atoms with E-state index in [4.69, 9.17) is 10.00 Å². The largest absolute Gasteiger partial charge is 0.385 e. The first kappa shape index (κ1) is 14.5. The number of methoxy groups -OCH3 is 1. The number of nitrogens with zero attached hydrogens (tertiary/aromatic N) is 1. The van der Waals surface area contributed by atoms with Crippen LogP contribution in [0.25, 0.3) is 0 Å². The Hall–Kier alpha value is -1.53. The van der Waals surface area contributed by atoms with Crippen LogP contribution in [0.1, 0.15) is 32.3 Å². The van der Waals surface area contributed by atoms with Gasteiger partial charge in [0.15, 0.2) is 0 Å². The van der Waals surface area contributed by atoms with Crippen LogP contribution in [0.3, 0.4) is 0 Å². The maximum Gasteiger partial charge on any atom is 0.0713 e. The van der Waals surface area contributed by atoms with Gasteiger partial charge in [-0.15, -0.1) is 0 Å². The summed E-state index contributed by atoms with van der Waals surface area (Å²) in [6, 6.07) is 10.6. The van der Waals surface area contributed by atoms with E-state index in [1.165, 1.54) is 5.56 Å². The van der Waals surface area contributed by atoms with Crippen molar-refractivity contribution in [2.45, 2.75) is 33.3 Å². The molecule has 0 bridgehead atoms. The number of nitrogens with one attached hydrogen (secondary N) is 1. The van der Waals surface area contributed by atoms with E-state index >= 15 is 0 Å². The monoisotopic (exact) mass is 246 g/mol. The molecule has 18 heavy (non-hydrogen) atoms. The van der Waals surface area contributed by atoms with Crippen LogP contribution in [0.15, 0.2) is 24.3 Å². The standard InChI is InChI=1S/C15H22N2O/c1-15(2,12-16)9-4-10-17-14-7-5-13(6-8-14)11-18-3/h5-8,17H,4,9-11H2,1-3H3. The van der Waals surface area contributed by atoms with Gasteiger partial charge in [0.1, 0.15) is 0 Å². The van der Waals surface area contributed by atoms with Gasteiger partial charge in [-0.3, -0.25) is 0 Å². The maximum absolute atomic E-state index is 8.91. The van der Waals surface area contributed by atoms with Crippen LogP contribution in [0, 0.1) is 16.7 Å². The Morgan fingerprint density at radius 3 is 2.50 bits per heavy atom. The van der Waals surface area contributed by atoms with Gasteiger partial charge < -0.3 is 10.1 Å². The molecule has 0 aromatic heterocycles. The fourth-order valence-corrected chi connectivity index (χ4v) is 1.70. The molecule has 3 heteroatoms. The predicted octanol–water partition coefficient (Wildman–Crippen LogP) is 3.57. The van der Waals surface area contributed by atoms with E-state index in [0.717, 1.165) is 25.1 Å². The third-order valence-corrected chi connectivity index (χ3v) is 2.88. The molecule has 3 nitrogen and oxygen atoms in total. The summed E-state index contributed by atoms with van der Waals surface area (Å²) in [6.45, 7) is 5.50. The number of benzene rings is 1. The van der Waals surface area contributed by atoms with Crippen molar-refractivity contribution >= 4 is 5.69 Å². The molecule has 0 aliphatic heterocycles. The summed E-state index contributed by atoms with van der Waals surface area (Å²) in [5.41, 5.74) is 2.07. The first-order valence-corrected chi connectivity index (χ1v) is 6.30. The van der Waals surface area contributed by atoms with E-state index in [9.17, 15) is 0 Å². The first-order valence-electron chi connectivity index (χ1n) is 6.30. The van der Waals surface area contributed by atoms with Gasteiger partial charge in [0.25, 0.3) is 0 Å². The normalized spacial score (nSPS) is 11.0. The van der Waals surface area contributed by atoms with Crippen LogP contribution in [0.4, 0.5) is 5.69 Å². The van der Waals surface area contributed by atoms with Gasteiger partial charge in [-0.2, -0.15) is 5.26 Å². The number of hydrogen-bond acceptors (Lipinski definition) is 3. The summed E-state index contributed by atoms with van der Waals surface area (Å²) in [4.78, 5) is 0. The molecule has 1 aromatic rings. The van der Waals surface area contributed by atoms with Crippen molar-refractivity contribution in [3.63, 3.8) is 0 Å². The molecule has 0 unspecified atom stereocenters. The van der Waals surface area contributed by atoms with Crippen molar-refractivity contribution in [2.75, 3.05) is 19.0 Å². The zero-order valence-electron chi connectivity index (χ0n) is 11.5. The average Bonchev–Trinajstić information content (AvgIpc) is 2.37. The molecule has 98 valence electrons. The van der Waals surface area contributed by atoms with E-state index in [1.807, 2.05) is 13.8 Å². The van der Waals surface area contributed by atoms with Crippen molar-refractivity contribution in [1.82, 2.24) is 0 Å². The van der Waals surface area contributed by atoms with Gasteiger partial charge in [0.2, 0.25) is 0 Å². The van der Waals surface area contributed by atoms with Crippen LogP contribution >= 0.6 is 0 Å². The summed E-state index contributed by atoms with van der Waals surface area (Å²) in [5, 5.41) is 12.3. The second-order valence-electron chi connectivity index (χ2n) is 5.16. The smallest absolute Gasteiger partial charge is 0.0713 e. The van der Waals surface area contributed by atoms with Gasteiger partial charge in [-0.05, 0) is 44.4 Å². The lowest BCUT2D eigenvalue weighted by molar-refractivity contribution is 0.185. The van der Waals surface area contributed by atoms with E-state index in [-0.39, 0.29) is 5.41 Å². The molecule has 0 saturated heterocycles. The molecule has 0 fully saturated rings. The van der Waals surface area contributed by atoms with E-state index in [0.29, 0.717) is 6.61 Å². The van der Waals surface area contributed by atoms with Crippen LogP contribution in [-0.4, -0.2) is 13.7 Å². The van der Waals surface area contributed by atoms with Gasteiger partial charge in [-0.25, -0.2) is 0 Å².